The summed E-state index contributed by atoms with van der Waals surface area (Å²) >= 11 is 0. The number of esters is 1. The van der Waals surface area contributed by atoms with Gasteiger partial charge in [0.25, 0.3) is 0 Å². The second-order valence-corrected chi connectivity index (χ2v) is 16.0. The first kappa shape index (κ1) is 52.3. The highest BCUT2D eigenvalue weighted by Crippen LogP contribution is 2.26. The van der Waals surface area contributed by atoms with E-state index in [9.17, 15) is 28.5 Å². The van der Waals surface area contributed by atoms with E-state index in [0.29, 0.717) is 13.0 Å². The molecule has 0 amide bonds. The van der Waals surface area contributed by atoms with Gasteiger partial charge in [0.05, 0.1) is 19.8 Å². The van der Waals surface area contributed by atoms with Crippen molar-refractivity contribution in [1.82, 2.24) is 0 Å². The molecule has 0 aromatic carbocycles. The molecule has 6 unspecified atom stereocenters. The summed E-state index contributed by atoms with van der Waals surface area (Å²) in [4.78, 5) is 12.8. The molecule has 6 atom stereocenters. The van der Waals surface area contributed by atoms with Gasteiger partial charge in [-0.05, 0) is 44.9 Å². The molecule has 0 saturated carbocycles. The normalized spacial score (nSPS) is 21.1. The van der Waals surface area contributed by atoms with Gasteiger partial charge in [-0.1, -0.05) is 153 Å². The standard InChI is InChI=1S/C43H78O12S/c1-3-5-7-9-11-13-15-17-19-20-22-24-26-28-30-32-39(45)53-37(35-51-33-31-29-27-25-23-21-18-16-14-12-10-8-6-4-2)36-52-43-41(47)42(55-56(48,49)50)40(46)38(34-44)54-43/h6,8,12,14,18,21,37-38,40-44,46-47H,3-5,7,9-11,13,15-17,19-20,22-36H2,1-2H3,(H,48,49,50)/b8-6-,14-12-,21-18-. The summed E-state index contributed by atoms with van der Waals surface area (Å²) in [6.07, 6.45) is 30.4. The lowest BCUT2D eigenvalue weighted by Gasteiger charge is -2.41. The minimum absolute atomic E-state index is 0.0227. The molecule has 0 radical (unpaired) electrons. The highest BCUT2D eigenvalue weighted by Gasteiger charge is 2.48. The van der Waals surface area contributed by atoms with Crippen LogP contribution in [0.15, 0.2) is 36.5 Å². The molecule has 0 spiro atoms. The summed E-state index contributed by atoms with van der Waals surface area (Å²) in [6.45, 7) is 3.82. The topological polar surface area (TPSA) is 178 Å². The Hall–Kier alpha value is -1.68. The molecule has 1 fully saturated rings. The Kier molecular flexibility index (Phi) is 33.0. The number of ether oxygens (including phenoxy) is 4. The van der Waals surface area contributed by atoms with Gasteiger partial charge in [-0.2, -0.15) is 8.42 Å². The van der Waals surface area contributed by atoms with Crippen molar-refractivity contribution in [3.8, 4) is 0 Å². The number of allylic oxidation sites excluding steroid dienone is 6. The molecule has 0 aliphatic carbocycles. The average Bonchev–Trinajstić information content (AvgIpc) is 3.17. The first-order chi connectivity index (χ1) is 27.1. The molecule has 56 heavy (non-hydrogen) atoms. The maximum Gasteiger partial charge on any atom is 0.397 e. The first-order valence-electron chi connectivity index (χ1n) is 21.7. The monoisotopic (exact) mass is 819 g/mol. The molecule has 0 aromatic rings. The quantitative estimate of drug-likeness (QED) is 0.0203. The SMILES string of the molecule is CC/C=C\C/C=C\C/C=C\CCCCCCOCC(COC1OC(CO)C(O)C(OS(=O)(=O)O)C1O)OC(=O)CCCCCCCCCCCCCCCCC. The van der Waals surface area contributed by atoms with Crippen LogP contribution in [0.1, 0.15) is 168 Å². The summed E-state index contributed by atoms with van der Waals surface area (Å²) in [5.74, 6) is -0.407. The van der Waals surface area contributed by atoms with Gasteiger partial charge in [0.1, 0.15) is 30.5 Å². The van der Waals surface area contributed by atoms with Crippen LogP contribution in [0, 0.1) is 0 Å². The summed E-state index contributed by atoms with van der Waals surface area (Å²) in [5.41, 5.74) is 0. The van der Waals surface area contributed by atoms with E-state index in [0.717, 1.165) is 70.6 Å². The van der Waals surface area contributed by atoms with Crippen molar-refractivity contribution in [2.24, 2.45) is 0 Å². The Morgan fingerprint density at radius 3 is 1.80 bits per heavy atom. The first-order valence-corrected chi connectivity index (χ1v) is 23.1. The lowest BCUT2D eigenvalue weighted by Crippen LogP contribution is -2.60. The van der Waals surface area contributed by atoms with E-state index in [1.807, 2.05) is 0 Å². The van der Waals surface area contributed by atoms with Crippen LogP contribution in [0.2, 0.25) is 0 Å². The number of carbonyl (C=O) groups excluding carboxylic acids is 1. The third kappa shape index (κ3) is 28.7. The van der Waals surface area contributed by atoms with Crippen molar-refractivity contribution in [2.75, 3.05) is 26.4 Å². The third-order valence-electron chi connectivity index (χ3n) is 9.78. The number of hydrogen-bond donors (Lipinski definition) is 4. The van der Waals surface area contributed by atoms with Crippen molar-refractivity contribution in [3.63, 3.8) is 0 Å². The number of carbonyl (C=O) groups is 1. The van der Waals surface area contributed by atoms with Crippen LogP contribution in [0.4, 0.5) is 0 Å². The highest BCUT2D eigenvalue weighted by atomic mass is 32.3. The van der Waals surface area contributed by atoms with Gasteiger partial charge in [0.2, 0.25) is 0 Å². The van der Waals surface area contributed by atoms with E-state index in [4.69, 9.17) is 23.5 Å². The van der Waals surface area contributed by atoms with E-state index in [1.165, 1.54) is 70.6 Å². The minimum atomic E-state index is -5.06. The zero-order chi connectivity index (χ0) is 41.1. The van der Waals surface area contributed by atoms with Crippen LogP contribution >= 0.6 is 0 Å². The highest BCUT2D eigenvalue weighted by molar-refractivity contribution is 7.80. The van der Waals surface area contributed by atoms with Crippen molar-refractivity contribution in [1.29, 1.82) is 0 Å². The average molecular weight is 819 g/mol. The maximum absolute atomic E-state index is 12.8. The smallest absolute Gasteiger partial charge is 0.397 e. The van der Waals surface area contributed by atoms with Gasteiger partial charge >= 0.3 is 16.4 Å². The number of rotatable bonds is 37. The van der Waals surface area contributed by atoms with Gasteiger partial charge in [0, 0.05) is 13.0 Å². The van der Waals surface area contributed by atoms with Crippen molar-refractivity contribution < 1.29 is 56.2 Å². The molecular formula is C43H78O12S. The fourth-order valence-corrected chi connectivity index (χ4v) is 7.02. The fourth-order valence-electron chi connectivity index (χ4n) is 6.51. The predicted octanol–water partition coefficient (Wildman–Crippen LogP) is 8.63. The zero-order valence-corrected chi connectivity index (χ0v) is 35.5. The predicted molar refractivity (Wildman–Crippen MR) is 220 cm³/mol. The number of hydrogen-bond acceptors (Lipinski definition) is 11. The number of aliphatic hydroxyl groups is 3. The summed E-state index contributed by atoms with van der Waals surface area (Å²) in [6, 6.07) is 0. The van der Waals surface area contributed by atoms with Crippen molar-refractivity contribution in [3.05, 3.63) is 36.5 Å². The Bertz CT molecular complexity index is 1130. The Morgan fingerprint density at radius 2 is 1.23 bits per heavy atom. The van der Waals surface area contributed by atoms with Crippen molar-refractivity contribution in [2.45, 2.75) is 205 Å². The van der Waals surface area contributed by atoms with E-state index in [2.05, 4.69) is 54.5 Å². The summed E-state index contributed by atoms with van der Waals surface area (Å²) in [5, 5.41) is 30.6. The molecule has 1 rings (SSSR count). The molecule has 1 heterocycles. The van der Waals surface area contributed by atoms with Crippen LogP contribution in [0.5, 0.6) is 0 Å². The van der Waals surface area contributed by atoms with E-state index >= 15 is 0 Å². The fraction of sp³-hybridized carbons (Fsp3) is 0.837. The molecule has 4 N–H and O–H groups in total. The zero-order valence-electron chi connectivity index (χ0n) is 34.7. The van der Waals surface area contributed by atoms with Crippen LogP contribution in [-0.4, -0.2) is 97.5 Å². The molecule has 328 valence electrons. The molecule has 12 nitrogen and oxygen atoms in total. The van der Waals surface area contributed by atoms with Gasteiger partial charge in [-0.3, -0.25) is 9.35 Å². The molecule has 1 aliphatic rings. The second-order valence-electron chi connectivity index (χ2n) is 14.9. The molecular weight excluding hydrogens is 741 g/mol. The molecule has 1 saturated heterocycles. The van der Waals surface area contributed by atoms with E-state index < -0.39 is 59.8 Å². The minimum Gasteiger partial charge on any atom is -0.457 e. The summed E-state index contributed by atoms with van der Waals surface area (Å²) < 4.78 is 58.9. The number of unbranched alkanes of at least 4 members (excludes halogenated alkanes) is 18. The van der Waals surface area contributed by atoms with Crippen LogP contribution in [0.25, 0.3) is 0 Å². The van der Waals surface area contributed by atoms with Crippen LogP contribution in [0.3, 0.4) is 0 Å². The lowest BCUT2D eigenvalue weighted by molar-refractivity contribution is -0.301. The van der Waals surface area contributed by atoms with Gasteiger partial charge in [-0.15, -0.1) is 0 Å². The van der Waals surface area contributed by atoms with Crippen LogP contribution in [-0.2, 0) is 38.3 Å². The third-order valence-corrected chi connectivity index (χ3v) is 10.2. The van der Waals surface area contributed by atoms with Gasteiger partial charge in [0.15, 0.2) is 6.29 Å². The molecule has 0 bridgehead atoms. The lowest BCUT2D eigenvalue weighted by atomic mass is 9.99. The Morgan fingerprint density at radius 1 is 0.696 bits per heavy atom. The Balaban J connectivity index is 2.46. The maximum atomic E-state index is 12.8. The summed E-state index contributed by atoms with van der Waals surface area (Å²) in [7, 11) is -5.06. The molecule has 1 aliphatic heterocycles. The van der Waals surface area contributed by atoms with Gasteiger partial charge < -0.3 is 34.3 Å². The van der Waals surface area contributed by atoms with E-state index in [-0.39, 0.29) is 19.6 Å². The largest absolute Gasteiger partial charge is 0.457 e. The van der Waals surface area contributed by atoms with E-state index in [1.54, 1.807) is 0 Å². The van der Waals surface area contributed by atoms with Gasteiger partial charge in [-0.25, -0.2) is 4.18 Å². The van der Waals surface area contributed by atoms with Crippen molar-refractivity contribution >= 4 is 16.4 Å². The second kappa shape index (κ2) is 35.3. The Labute approximate surface area is 339 Å². The molecule has 0 aromatic heterocycles. The molecule has 13 heteroatoms. The van der Waals surface area contributed by atoms with Crippen LogP contribution < -0.4 is 0 Å². The number of aliphatic hydroxyl groups excluding tert-OH is 3.